The number of amides is 2. The van der Waals surface area contributed by atoms with Crippen molar-refractivity contribution < 1.29 is 4.79 Å². The number of benzene rings is 2. The van der Waals surface area contributed by atoms with E-state index in [9.17, 15) is 4.79 Å². The number of hydrogen-bond acceptors (Lipinski definition) is 1. The molecule has 2 aromatic rings. The molecule has 0 bridgehead atoms. The Morgan fingerprint density at radius 3 is 2.15 bits per heavy atom. The Labute approximate surface area is 170 Å². The maximum Gasteiger partial charge on any atom is 0.321 e. The third-order valence-corrected chi connectivity index (χ3v) is 13.0. The van der Waals surface area contributed by atoms with Gasteiger partial charge in [0.25, 0.3) is 0 Å². The Morgan fingerprint density at radius 2 is 1.52 bits per heavy atom. The topological polar surface area (TPSA) is 23.6 Å². The van der Waals surface area contributed by atoms with Crippen LogP contribution in [0.15, 0.2) is 60.7 Å². The quantitative estimate of drug-likeness (QED) is 0.597. The molecule has 142 valence electrons. The molecule has 3 aliphatic rings. The molecule has 4 atom stereocenters. The number of fused-ring (bicyclic) bond motifs is 3. The van der Waals surface area contributed by atoms with Crippen LogP contribution in [0.5, 0.6) is 0 Å². The molecule has 2 aromatic carbocycles. The van der Waals surface area contributed by atoms with Gasteiger partial charge in [0.15, 0.2) is 0 Å². The fourth-order valence-corrected chi connectivity index (χ4v) is 11.6. The molecule has 3 aliphatic heterocycles. The van der Waals surface area contributed by atoms with Crippen molar-refractivity contribution >= 4 is 29.3 Å². The predicted molar refractivity (Wildman–Crippen MR) is 116 cm³/mol. The largest absolute Gasteiger partial charge is 0.321 e. The van der Waals surface area contributed by atoms with Crippen LogP contribution in [0.4, 0.5) is 4.79 Å². The molecule has 5 heteroatoms. The van der Waals surface area contributed by atoms with Crippen molar-refractivity contribution in [2.24, 2.45) is 0 Å². The zero-order valence-electron chi connectivity index (χ0n) is 15.3. The zero-order chi connectivity index (χ0) is 18.4. The van der Waals surface area contributed by atoms with E-state index in [1.165, 1.54) is 29.7 Å². The lowest BCUT2D eigenvalue weighted by Gasteiger charge is -2.34. The SMILES string of the molecule is O=C1N(Cc2ccccc2)C2CS3(Br)CCCC3C2N1Cc1ccccc1. The molecule has 2 amide bonds. The highest BCUT2D eigenvalue weighted by Gasteiger charge is 2.60. The summed E-state index contributed by atoms with van der Waals surface area (Å²) in [6.45, 7) is 1.45. The number of carbonyl (C=O) groups is 1. The predicted octanol–water partition coefficient (Wildman–Crippen LogP) is 5.15. The van der Waals surface area contributed by atoms with Gasteiger partial charge in [-0.1, -0.05) is 60.7 Å². The van der Waals surface area contributed by atoms with Crippen molar-refractivity contribution in [3.63, 3.8) is 0 Å². The lowest BCUT2D eigenvalue weighted by Crippen LogP contribution is -2.40. The molecule has 27 heavy (non-hydrogen) atoms. The van der Waals surface area contributed by atoms with Gasteiger partial charge in [0.05, 0.1) is 12.1 Å². The molecule has 5 rings (SSSR count). The number of carbonyl (C=O) groups excluding carboxylic acids is 1. The van der Waals surface area contributed by atoms with E-state index < -0.39 is 8.46 Å². The van der Waals surface area contributed by atoms with E-state index in [0.717, 1.165) is 18.8 Å². The number of halogens is 1. The van der Waals surface area contributed by atoms with E-state index in [4.69, 9.17) is 0 Å². The van der Waals surface area contributed by atoms with Crippen LogP contribution < -0.4 is 0 Å². The summed E-state index contributed by atoms with van der Waals surface area (Å²) in [6, 6.07) is 21.8. The Balaban J connectivity index is 1.48. The summed E-state index contributed by atoms with van der Waals surface area (Å²) in [7, 11) is -0.765. The molecule has 3 nitrogen and oxygen atoms in total. The van der Waals surface area contributed by atoms with E-state index in [2.05, 4.69) is 73.1 Å². The monoisotopic (exact) mass is 444 g/mol. The molecule has 3 heterocycles. The van der Waals surface area contributed by atoms with Gasteiger partial charge in [-0.3, -0.25) is 0 Å². The number of hydrogen-bond donors (Lipinski definition) is 0. The van der Waals surface area contributed by atoms with Gasteiger partial charge < -0.3 is 9.80 Å². The lowest BCUT2D eigenvalue weighted by atomic mass is 10.0. The van der Waals surface area contributed by atoms with Gasteiger partial charge in [-0.05, 0) is 44.5 Å². The highest BCUT2D eigenvalue weighted by atomic mass is 79.9. The van der Waals surface area contributed by atoms with Crippen molar-refractivity contribution in [2.45, 2.75) is 43.3 Å². The molecule has 0 aliphatic carbocycles. The Kier molecular flexibility index (Phi) is 4.47. The first kappa shape index (κ1) is 17.6. The first-order chi connectivity index (χ1) is 13.2. The Bertz CT molecular complexity index is 833. The second kappa shape index (κ2) is 6.85. The summed E-state index contributed by atoms with van der Waals surface area (Å²) in [5, 5.41) is 0.649. The first-order valence-electron chi connectivity index (χ1n) is 9.78. The van der Waals surface area contributed by atoms with Gasteiger partial charge in [0, 0.05) is 24.1 Å². The van der Waals surface area contributed by atoms with Gasteiger partial charge >= 0.3 is 6.03 Å². The second-order valence-electron chi connectivity index (χ2n) is 7.96. The molecule has 0 spiro atoms. The van der Waals surface area contributed by atoms with E-state index >= 15 is 0 Å². The highest BCUT2D eigenvalue weighted by Crippen LogP contribution is 2.72. The third-order valence-electron chi connectivity index (χ3n) is 6.38. The molecule has 0 saturated carbocycles. The van der Waals surface area contributed by atoms with Crippen molar-refractivity contribution in [3.8, 4) is 0 Å². The normalized spacial score (nSPS) is 34.4. The fourth-order valence-electron chi connectivity index (χ4n) is 5.18. The van der Waals surface area contributed by atoms with Crippen LogP contribution in [-0.4, -0.2) is 44.7 Å². The smallest absolute Gasteiger partial charge is 0.314 e. The summed E-state index contributed by atoms with van der Waals surface area (Å²) < 4.78 is 0. The van der Waals surface area contributed by atoms with Crippen LogP contribution in [0.25, 0.3) is 0 Å². The van der Waals surface area contributed by atoms with E-state index in [1.54, 1.807) is 0 Å². The van der Waals surface area contributed by atoms with Gasteiger partial charge in [-0.2, -0.15) is 8.46 Å². The van der Waals surface area contributed by atoms with Crippen LogP contribution >= 0.6 is 23.3 Å². The molecular weight excluding hydrogens is 420 g/mol. The van der Waals surface area contributed by atoms with Crippen molar-refractivity contribution in [1.82, 2.24) is 9.80 Å². The lowest BCUT2D eigenvalue weighted by molar-refractivity contribution is 0.180. The van der Waals surface area contributed by atoms with E-state index in [-0.39, 0.29) is 6.03 Å². The maximum absolute atomic E-state index is 13.5. The van der Waals surface area contributed by atoms with Gasteiger partial charge in [0.2, 0.25) is 0 Å². The minimum absolute atomic E-state index is 0.221. The minimum Gasteiger partial charge on any atom is -0.314 e. The number of nitrogens with zero attached hydrogens (tertiary/aromatic N) is 2. The number of urea groups is 1. The van der Waals surface area contributed by atoms with Crippen LogP contribution in [0.3, 0.4) is 0 Å². The van der Waals surface area contributed by atoms with Gasteiger partial charge in [-0.25, -0.2) is 4.79 Å². The molecule has 4 unspecified atom stereocenters. The zero-order valence-corrected chi connectivity index (χ0v) is 17.7. The summed E-state index contributed by atoms with van der Waals surface area (Å²) >= 11 is 4.19. The standard InChI is InChI=1S/C22H25BrN2OS/c23-27-13-7-12-20(27)21-19(16-27)24(14-17-8-3-1-4-9-17)22(26)25(21)15-18-10-5-2-6-11-18/h1-6,8-11,19-21H,7,12-16H2. The van der Waals surface area contributed by atoms with Crippen molar-refractivity contribution in [1.29, 1.82) is 0 Å². The van der Waals surface area contributed by atoms with E-state index in [0.29, 0.717) is 17.3 Å². The molecule has 3 saturated heterocycles. The minimum atomic E-state index is -0.765. The average molecular weight is 445 g/mol. The van der Waals surface area contributed by atoms with E-state index in [1.807, 2.05) is 12.1 Å². The second-order valence-corrected chi connectivity index (χ2v) is 14.9. The molecule has 0 radical (unpaired) electrons. The summed E-state index contributed by atoms with van der Waals surface area (Å²) in [5.74, 6) is 2.48. The molecular formula is C22H25BrN2OS. The Hall–Kier alpha value is -1.46. The van der Waals surface area contributed by atoms with Crippen molar-refractivity contribution in [2.75, 3.05) is 11.5 Å². The van der Waals surface area contributed by atoms with Crippen LogP contribution in [-0.2, 0) is 13.1 Å². The fraction of sp³-hybridized carbons (Fsp3) is 0.409. The summed E-state index contributed by atoms with van der Waals surface area (Å²) in [4.78, 5) is 17.8. The van der Waals surface area contributed by atoms with Crippen LogP contribution in [0.2, 0.25) is 0 Å². The third kappa shape index (κ3) is 2.99. The van der Waals surface area contributed by atoms with Crippen LogP contribution in [0, 0.1) is 0 Å². The number of rotatable bonds is 4. The molecule has 3 fully saturated rings. The molecule has 0 aromatic heterocycles. The average Bonchev–Trinajstić information content (AvgIpc) is 3.26. The summed E-state index contributed by atoms with van der Waals surface area (Å²) in [5.41, 5.74) is 2.45. The maximum atomic E-state index is 13.5. The first-order valence-corrected chi connectivity index (χ1v) is 13.7. The van der Waals surface area contributed by atoms with Crippen molar-refractivity contribution in [3.05, 3.63) is 71.8 Å². The highest BCUT2D eigenvalue weighted by molar-refractivity contribution is 9.58. The van der Waals surface area contributed by atoms with Crippen LogP contribution in [0.1, 0.15) is 24.0 Å². The Morgan fingerprint density at radius 1 is 0.926 bits per heavy atom. The molecule has 0 N–H and O–H groups in total. The van der Waals surface area contributed by atoms with Gasteiger partial charge in [-0.15, -0.1) is 0 Å². The van der Waals surface area contributed by atoms with Gasteiger partial charge in [0.1, 0.15) is 0 Å². The summed E-state index contributed by atoms with van der Waals surface area (Å²) in [6.07, 6.45) is 2.57.